The summed E-state index contributed by atoms with van der Waals surface area (Å²) in [6, 6.07) is 6.55. The normalized spacial score (nSPS) is 20.8. The van der Waals surface area contributed by atoms with E-state index >= 15 is 0 Å². The van der Waals surface area contributed by atoms with Gasteiger partial charge in [0.25, 0.3) is 0 Å². The third-order valence-electron chi connectivity index (χ3n) is 1.52. The van der Waals surface area contributed by atoms with Gasteiger partial charge < -0.3 is 9.87 Å². The molecule has 1 heterocycles. The molecule has 1 aromatic carbocycles. The summed E-state index contributed by atoms with van der Waals surface area (Å²) in [5.74, 6) is 0. The van der Waals surface area contributed by atoms with Crippen LogP contribution in [0.5, 0.6) is 0 Å². The van der Waals surface area contributed by atoms with Crippen molar-refractivity contribution in [2.75, 3.05) is 5.32 Å². The van der Waals surface area contributed by atoms with Crippen molar-refractivity contribution in [1.82, 2.24) is 4.72 Å². The summed E-state index contributed by atoms with van der Waals surface area (Å²) in [5, 5.41) is 2.55. The minimum absolute atomic E-state index is 0.424. The van der Waals surface area contributed by atoms with Crippen LogP contribution in [-0.4, -0.2) is 10.6 Å². The average molecular weight is 182 g/mol. The Hall–Kier alpha value is -1.20. The highest BCUT2D eigenvalue weighted by atomic mass is 32.2. The number of carbonyl (C=O) groups is 1. The fourth-order valence-electron chi connectivity index (χ4n) is 1.02. The van der Waals surface area contributed by atoms with Crippen LogP contribution >= 0.6 is 0 Å². The van der Waals surface area contributed by atoms with E-state index in [-0.39, 0.29) is 0 Å². The lowest BCUT2D eigenvalue weighted by atomic mass is 10.3. The van der Waals surface area contributed by atoms with Crippen LogP contribution in [0.1, 0.15) is 0 Å². The minimum Gasteiger partial charge on any atom is -0.588 e. The van der Waals surface area contributed by atoms with Crippen molar-refractivity contribution in [2.45, 2.75) is 4.90 Å². The molecule has 0 fully saturated rings. The SMILES string of the molecule is O=C1Nc2ccccc2[S+]([O-])N1. The smallest absolute Gasteiger partial charge is 0.361 e. The molecular weight excluding hydrogens is 176 g/mol. The van der Waals surface area contributed by atoms with Gasteiger partial charge in [0, 0.05) is 0 Å². The molecule has 1 atom stereocenters. The molecule has 1 unspecified atom stereocenters. The van der Waals surface area contributed by atoms with Gasteiger partial charge in [-0.1, -0.05) is 12.1 Å². The van der Waals surface area contributed by atoms with Gasteiger partial charge in [0.2, 0.25) is 4.90 Å². The Bertz CT molecular complexity index is 329. The molecule has 0 aromatic heterocycles. The van der Waals surface area contributed by atoms with E-state index in [0.717, 1.165) is 0 Å². The van der Waals surface area contributed by atoms with Crippen LogP contribution in [0, 0.1) is 0 Å². The van der Waals surface area contributed by atoms with Crippen molar-refractivity contribution in [1.29, 1.82) is 0 Å². The second kappa shape index (κ2) is 2.69. The van der Waals surface area contributed by atoms with Crippen LogP contribution in [0.15, 0.2) is 29.2 Å². The molecule has 2 amide bonds. The van der Waals surface area contributed by atoms with Gasteiger partial charge in [0.05, 0.1) is 0 Å². The van der Waals surface area contributed by atoms with E-state index in [4.69, 9.17) is 0 Å². The van der Waals surface area contributed by atoms with Crippen LogP contribution in [0.2, 0.25) is 0 Å². The van der Waals surface area contributed by atoms with Crippen LogP contribution in [0.25, 0.3) is 0 Å². The van der Waals surface area contributed by atoms with Crippen molar-refractivity contribution in [3.63, 3.8) is 0 Å². The zero-order chi connectivity index (χ0) is 8.55. The summed E-state index contributed by atoms with van der Waals surface area (Å²) >= 11 is -1.41. The number of urea groups is 1. The summed E-state index contributed by atoms with van der Waals surface area (Å²) in [5.41, 5.74) is 0.611. The summed E-state index contributed by atoms with van der Waals surface area (Å²) in [7, 11) is 0. The first-order chi connectivity index (χ1) is 5.77. The minimum atomic E-state index is -1.41. The number of para-hydroxylation sites is 1. The number of amides is 2. The number of rotatable bonds is 0. The first-order valence-corrected chi connectivity index (χ1v) is 4.51. The maximum atomic E-state index is 11.2. The zero-order valence-corrected chi connectivity index (χ0v) is 6.85. The Labute approximate surface area is 72.3 Å². The molecule has 12 heavy (non-hydrogen) atoms. The number of nitrogens with one attached hydrogen (secondary N) is 2. The molecule has 0 saturated heterocycles. The number of benzene rings is 1. The topological polar surface area (TPSA) is 64.2 Å². The molecule has 1 aliphatic heterocycles. The summed E-state index contributed by atoms with van der Waals surface area (Å²) in [4.78, 5) is 11.4. The highest BCUT2D eigenvalue weighted by Gasteiger charge is 2.25. The Morgan fingerprint density at radius 2 is 2.08 bits per heavy atom. The molecule has 5 heteroatoms. The highest BCUT2D eigenvalue weighted by Crippen LogP contribution is 2.23. The van der Waals surface area contributed by atoms with Crippen molar-refractivity contribution in [3.05, 3.63) is 24.3 Å². The van der Waals surface area contributed by atoms with Crippen molar-refractivity contribution < 1.29 is 9.35 Å². The Morgan fingerprint density at radius 1 is 1.33 bits per heavy atom. The van der Waals surface area contributed by atoms with Crippen LogP contribution in [0.4, 0.5) is 10.5 Å². The van der Waals surface area contributed by atoms with E-state index < -0.39 is 17.4 Å². The number of hydrogen-bond donors (Lipinski definition) is 2. The standard InChI is InChI=1S/C7H6N2O2S/c10-7-8-5-3-1-2-4-6(5)12(11)9-7/h1-4H,(H2,8,9,10). The molecule has 62 valence electrons. The average Bonchev–Trinajstić information content (AvgIpc) is 2.04. The van der Waals surface area contributed by atoms with Crippen molar-refractivity contribution in [2.24, 2.45) is 0 Å². The lowest BCUT2D eigenvalue weighted by Gasteiger charge is -2.18. The van der Waals surface area contributed by atoms with E-state index in [1.54, 1.807) is 24.3 Å². The summed E-state index contributed by atoms with van der Waals surface area (Å²) in [6.45, 7) is 0. The molecule has 1 aromatic rings. The summed E-state index contributed by atoms with van der Waals surface area (Å²) in [6.07, 6.45) is 0. The highest BCUT2D eigenvalue weighted by molar-refractivity contribution is 7.90. The Balaban J connectivity index is 2.47. The molecule has 1 aliphatic rings. The fraction of sp³-hybridized carbons (Fsp3) is 0. The number of anilines is 1. The van der Waals surface area contributed by atoms with Gasteiger partial charge in [0.15, 0.2) is 0 Å². The largest absolute Gasteiger partial charge is 0.588 e. The maximum absolute atomic E-state index is 11.2. The van der Waals surface area contributed by atoms with Crippen LogP contribution < -0.4 is 10.0 Å². The monoisotopic (exact) mass is 182 g/mol. The van der Waals surface area contributed by atoms with Gasteiger partial charge in [-0.2, -0.15) is 0 Å². The lowest BCUT2D eigenvalue weighted by molar-refractivity contribution is 0.256. The Kier molecular flexibility index (Phi) is 1.67. The first kappa shape index (κ1) is 7.45. The van der Waals surface area contributed by atoms with E-state index in [9.17, 15) is 9.35 Å². The van der Waals surface area contributed by atoms with Gasteiger partial charge in [-0.15, -0.1) is 4.72 Å². The van der Waals surface area contributed by atoms with Gasteiger partial charge in [-0.25, -0.2) is 4.79 Å². The van der Waals surface area contributed by atoms with E-state index in [1.165, 1.54) is 0 Å². The van der Waals surface area contributed by atoms with Crippen molar-refractivity contribution in [3.8, 4) is 0 Å². The number of fused-ring (bicyclic) bond motifs is 1. The second-order valence-corrected chi connectivity index (χ2v) is 3.50. The lowest BCUT2D eigenvalue weighted by Crippen LogP contribution is -2.39. The third-order valence-corrected chi connectivity index (χ3v) is 2.65. The zero-order valence-electron chi connectivity index (χ0n) is 6.03. The molecule has 0 radical (unpaired) electrons. The maximum Gasteiger partial charge on any atom is 0.361 e. The quantitative estimate of drug-likeness (QED) is 0.584. The molecular formula is C7H6N2O2S. The molecule has 2 N–H and O–H groups in total. The predicted molar refractivity (Wildman–Crippen MR) is 45.0 cm³/mol. The molecule has 0 aliphatic carbocycles. The molecule has 0 saturated carbocycles. The van der Waals surface area contributed by atoms with Gasteiger partial charge in [0.1, 0.15) is 17.0 Å². The van der Waals surface area contributed by atoms with E-state index in [0.29, 0.717) is 10.6 Å². The van der Waals surface area contributed by atoms with Crippen molar-refractivity contribution >= 4 is 23.1 Å². The van der Waals surface area contributed by atoms with E-state index in [1.807, 2.05) is 0 Å². The fourth-order valence-corrected chi connectivity index (χ4v) is 1.87. The van der Waals surface area contributed by atoms with E-state index in [2.05, 4.69) is 10.0 Å². The van der Waals surface area contributed by atoms with Gasteiger partial charge in [-0.05, 0) is 12.1 Å². The van der Waals surface area contributed by atoms with Crippen LogP contribution in [0.3, 0.4) is 0 Å². The predicted octanol–water partition coefficient (Wildman–Crippen LogP) is 0.844. The van der Waals surface area contributed by atoms with Gasteiger partial charge >= 0.3 is 6.03 Å². The molecule has 0 bridgehead atoms. The molecule has 2 rings (SSSR count). The first-order valence-electron chi connectivity index (χ1n) is 3.36. The number of carbonyl (C=O) groups excluding carboxylic acids is 1. The second-order valence-electron chi connectivity index (χ2n) is 2.32. The Morgan fingerprint density at radius 3 is 2.92 bits per heavy atom. The molecule has 4 nitrogen and oxygen atoms in total. The molecule has 0 spiro atoms. The van der Waals surface area contributed by atoms with Gasteiger partial charge in [-0.3, -0.25) is 0 Å². The number of hydrogen-bond acceptors (Lipinski definition) is 2. The third kappa shape index (κ3) is 1.13. The summed E-state index contributed by atoms with van der Waals surface area (Å²) < 4.78 is 13.5. The van der Waals surface area contributed by atoms with Crippen LogP contribution in [-0.2, 0) is 11.4 Å².